The van der Waals surface area contributed by atoms with E-state index in [2.05, 4.69) is 80.8 Å². The molecule has 0 heterocycles. The fourth-order valence-electron chi connectivity index (χ4n) is 7.93. The van der Waals surface area contributed by atoms with Crippen molar-refractivity contribution in [3.8, 4) is 0 Å². The van der Waals surface area contributed by atoms with Gasteiger partial charge in [-0.3, -0.25) is 9.59 Å². The number of rotatable bonds is 48. The predicted molar refractivity (Wildman–Crippen MR) is 273 cm³/mol. The van der Waals surface area contributed by atoms with Gasteiger partial charge in [-0.25, -0.2) is 0 Å². The van der Waals surface area contributed by atoms with Crippen molar-refractivity contribution in [3.63, 3.8) is 0 Å². The summed E-state index contributed by atoms with van der Waals surface area (Å²) in [5.41, 5.74) is 0. The minimum absolute atomic E-state index is 0.00179. The lowest BCUT2D eigenvalue weighted by atomic mass is 10.0. The molecule has 0 aromatic rings. The van der Waals surface area contributed by atoms with Gasteiger partial charge in [-0.05, 0) is 70.6 Å². The molecule has 6 nitrogen and oxygen atoms in total. The van der Waals surface area contributed by atoms with Crippen LogP contribution in [0.3, 0.4) is 0 Å². The van der Waals surface area contributed by atoms with E-state index < -0.39 is 18.2 Å². The second-order valence-corrected chi connectivity index (χ2v) is 18.3. The SMILES string of the molecule is CCCCC/C=C\C/C=C\C/C=C\C/C=C\CC(CC(=O)NC(CO)C(O)CCCCCCCCCCCCCCC)OC(=O)CCCCCCC/C=C/CCCCCCCCC. The third kappa shape index (κ3) is 45.9. The zero-order chi connectivity index (χ0) is 45.9. The number of nitrogens with one attached hydrogen (secondary N) is 1. The zero-order valence-corrected chi connectivity index (χ0v) is 41.7. The molecule has 3 atom stereocenters. The lowest BCUT2D eigenvalue weighted by Gasteiger charge is -2.24. The van der Waals surface area contributed by atoms with Crippen molar-refractivity contribution < 1.29 is 24.5 Å². The number of unbranched alkanes of at least 4 members (excludes halogenated alkanes) is 27. The highest BCUT2D eigenvalue weighted by atomic mass is 16.5. The molecule has 1 amide bonds. The van der Waals surface area contributed by atoms with Crippen LogP contribution >= 0.6 is 0 Å². The summed E-state index contributed by atoms with van der Waals surface area (Å²) in [4.78, 5) is 26.1. The second kappa shape index (κ2) is 50.6. The Hall–Kier alpha value is -2.44. The van der Waals surface area contributed by atoms with Gasteiger partial charge in [-0.15, -0.1) is 0 Å². The van der Waals surface area contributed by atoms with Crippen LogP contribution in [0.5, 0.6) is 0 Å². The van der Waals surface area contributed by atoms with Gasteiger partial charge in [0.25, 0.3) is 0 Å². The second-order valence-electron chi connectivity index (χ2n) is 18.3. The van der Waals surface area contributed by atoms with Crippen molar-refractivity contribution in [2.75, 3.05) is 6.61 Å². The van der Waals surface area contributed by atoms with Crippen LogP contribution in [0.15, 0.2) is 60.8 Å². The Morgan fingerprint density at radius 3 is 1.32 bits per heavy atom. The average molecular weight is 882 g/mol. The molecule has 0 aliphatic heterocycles. The summed E-state index contributed by atoms with van der Waals surface area (Å²) >= 11 is 0. The van der Waals surface area contributed by atoms with Crippen LogP contribution in [-0.2, 0) is 14.3 Å². The van der Waals surface area contributed by atoms with Gasteiger partial charge in [0.15, 0.2) is 0 Å². The molecular formula is C57H103NO5. The molecule has 0 aromatic carbocycles. The molecule has 0 rings (SSSR count). The van der Waals surface area contributed by atoms with E-state index in [0.717, 1.165) is 64.2 Å². The van der Waals surface area contributed by atoms with Crippen molar-refractivity contribution in [2.24, 2.45) is 0 Å². The lowest BCUT2D eigenvalue weighted by molar-refractivity contribution is -0.150. The molecule has 0 saturated carbocycles. The predicted octanol–water partition coefficient (Wildman–Crippen LogP) is 16.4. The van der Waals surface area contributed by atoms with Crippen LogP contribution in [-0.4, -0.2) is 46.9 Å². The van der Waals surface area contributed by atoms with Crippen LogP contribution in [0.2, 0.25) is 0 Å². The number of allylic oxidation sites excluding steroid dienone is 9. The first-order valence-corrected chi connectivity index (χ1v) is 27.0. The molecule has 366 valence electrons. The number of aliphatic hydroxyl groups is 2. The normalized spacial score (nSPS) is 13.7. The molecule has 0 aliphatic rings. The Morgan fingerprint density at radius 2 is 0.841 bits per heavy atom. The average Bonchev–Trinajstić information content (AvgIpc) is 3.28. The van der Waals surface area contributed by atoms with E-state index in [9.17, 15) is 19.8 Å². The summed E-state index contributed by atoms with van der Waals surface area (Å²) in [5.74, 6) is -0.582. The summed E-state index contributed by atoms with van der Waals surface area (Å²) < 4.78 is 5.88. The Morgan fingerprint density at radius 1 is 0.476 bits per heavy atom. The molecule has 0 radical (unpaired) electrons. The number of carbonyl (C=O) groups is 2. The Kier molecular flexibility index (Phi) is 48.6. The van der Waals surface area contributed by atoms with Crippen LogP contribution in [0.1, 0.15) is 265 Å². The third-order valence-electron chi connectivity index (χ3n) is 12.1. The van der Waals surface area contributed by atoms with Gasteiger partial charge >= 0.3 is 5.97 Å². The lowest BCUT2D eigenvalue weighted by Crippen LogP contribution is -2.46. The molecule has 0 spiro atoms. The number of ether oxygens (including phenoxy) is 1. The van der Waals surface area contributed by atoms with Crippen molar-refractivity contribution in [3.05, 3.63) is 60.8 Å². The van der Waals surface area contributed by atoms with Gasteiger partial charge in [-0.2, -0.15) is 0 Å². The van der Waals surface area contributed by atoms with E-state index in [4.69, 9.17) is 4.74 Å². The molecule has 3 unspecified atom stereocenters. The summed E-state index contributed by atoms with van der Waals surface area (Å²) in [6, 6.07) is -0.733. The van der Waals surface area contributed by atoms with Crippen molar-refractivity contribution in [1.29, 1.82) is 0 Å². The number of amides is 1. The first kappa shape index (κ1) is 60.6. The van der Waals surface area contributed by atoms with Gasteiger partial charge < -0.3 is 20.3 Å². The Labute approximate surface area is 390 Å². The fourth-order valence-corrected chi connectivity index (χ4v) is 7.93. The monoisotopic (exact) mass is 882 g/mol. The molecule has 0 fully saturated rings. The minimum atomic E-state index is -0.813. The number of carbonyl (C=O) groups excluding carboxylic acids is 2. The first-order valence-electron chi connectivity index (χ1n) is 27.0. The highest BCUT2D eigenvalue weighted by Crippen LogP contribution is 2.16. The van der Waals surface area contributed by atoms with Crippen LogP contribution < -0.4 is 5.32 Å². The summed E-state index contributed by atoms with van der Waals surface area (Å²) in [7, 11) is 0. The number of hydrogen-bond donors (Lipinski definition) is 3. The summed E-state index contributed by atoms with van der Waals surface area (Å²) in [6.07, 6.45) is 62.9. The summed E-state index contributed by atoms with van der Waals surface area (Å²) in [6.45, 7) is 6.43. The van der Waals surface area contributed by atoms with Gasteiger partial charge in [0.2, 0.25) is 5.91 Å². The fraction of sp³-hybridized carbons (Fsp3) is 0.789. The van der Waals surface area contributed by atoms with E-state index >= 15 is 0 Å². The highest BCUT2D eigenvalue weighted by Gasteiger charge is 2.23. The molecule has 0 aliphatic carbocycles. The molecule has 3 N–H and O–H groups in total. The maximum Gasteiger partial charge on any atom is 0.306 e. The Bertz CT molecular complexity index is 1130. The molecule has 6 heteroatoms. The minimum Gasteiger partial charge on any atom is -0.461 e. The maximum absolute atomic E-state index is 13.2. The van der Waals surface area contributed by atoms with E-state index in [1.807, 2.05) is 6.08 Å². The van der Waals surface area contributed by atoms with Crippen molar-refractivity contribution >= 4 is 11.9 Å². The van der Waals surface area contributed by atoms with Crippen molar-refractivity contribution in [2.45, 2.75) is 283 Å². The van der Waals surface area contributed by atoms with E-state index in [1.54, 1.807) is 0 Å². The van der Waals surface area contributed by atoms with Crippen LogP contribution in [0, 0.1) is 0 Å². The largest absolute Gasteiger partial charge is 0.461 e. The summed E-state index contributed by atoms with van der Waals surface area (Å²) in [5, 5.41) is 23.8. The molecular weight excluding hydrogens is 779 g/mol. The van der Waals surface area contributed by atoms with Crippen molar-refractivity contribution in [1.82, 2.24) is 5.32 Å². The maximum atomic E-state index is 13.2. The van der Waals surface area contributed by atoms with Crippen LogP contribution in [0.25, 0.3) is 0 Å². The zero-order valence-electron chi connectivity index (χ0n) is 41.7. The number of esters is 1. The van der Waals surface area contributed by atoms with E-state index in [1.165, 1.54) is 154 Å². The van der Waals surface area contributed by atoms with Gasteiger partial charge in [0, 0.05) is 12.8 Å². The quantitative estimate of drug-likeness (QED) is 0.0321. The molecule has 63 heavy (non-hydrogen) atoms. The number of hydrogen-bond acceptors (Lipinski definition) is 5. The number of aliphatic hydroxyl groups excluding tert-OH is 2. The van der Waals surface area contributed by atoms with E-state index in [0.29, 0.717) is 19.3 Å². The third-order valence-corrected chi connectivity index (χ3v) is 12.1. The van der Waals surface area contributed by atoms with Gasteiger partial charge in [-0.1, -0.05) is 236 Å². The smallest absolute Gasteiger partial charge is 0.306 e. The highest BCUT2D eigenvalue weighted by molar-refractivity contribution is 5.77. The van der Waals surface area contributed by atoms with Gasteiger partial charge in [0.05, 0.1) is 25.2 Å². The molecule has 0 bridgehead atoms. The first-order chi connectivity index (χ1) is 31.0. The topological polar surface area (TPSA) is 95.9 Å². The van der Waals surface area contributed by atoms with E-state index in [-0.39, 0.29) is 24.9 Å². The van der Waals surface area contributed by atoms with Crippen LogP contribution in [0.4, 0.5) is 0 Å². The molecule has 0 saturated heterocycles. The Balaban J connectivity index is 4.70. The standard InChI is InChI=1S/C57H103NO5/c1-4-7-10-13-16-19-22-25-27-29-32-35-38-41-44-47-50-57(62)63-53(48-45-42-39-36-33-31-28-26-23-20-17-14-11-8-5-2)51-56(61)58-54(52-59)55(60)49-46-43-40-37-34-30-24-21-18-15-12-9-6-3/h17,20,26-29,33,36,42,45,53-55,59-60H,4-16,18-19,21-25,30-32,34-35,37-41,43-44,46-52H2,1-3H3,(H,58,61)/b20-17-,28-26-,29-27+,36-33-,45-42-. The van der Waals surface area contributed by atoms with Gasteiger partial charge in [0.1, 0.15) is 6.10 Å². The molecule has 0 aromatic heterocycles.